The van der Waals surface area contributed by atoms with Crippen LogP contribution in [0.2, 0.25) is 5.02 Å². The van der Waals surface area contributed by atoms with Crippen LogP contribution >= 0.6 is 11.6 Å². The van der Waals surface area contributed by atoms with Crippen LogP contribution in [0.3, 0.4) is 0 Å². The molecule has 2 aliphatic rings. The fraction of sp³-hybridized carbons (Fsp3) is 0.125. The summed E-state index contributed by atoms with van der Waals surface area (Å²) in [4.78, 5) is 0. The standard InChI is InChI=1S/C32H25Cl/c1-31(2)27-16-10-9-15-26(27)29-28(31)21-32(23-11-5-3-6-12-23,24-13-7-4-8-14-24)30(29)22-17-19-25(33)20-18-22/h3-21H,1-2H3. The Bertz CT molecular complexity index is 1370. The van der Waals surface area contributed by atoms with Gasteiger partial charge >= 0.3 is 0 Å². The smallest absolute Gasteiger partial charge is 0.0650 e. The van der Waals surface area contributed by atoms with E-state index in [1.807, 2.05) is 12.1 Å². The average Bonchev–Trinajstić information content (AvgIpc) is 3.33. The highest BCUT2D eigenvalue weighted by atomic mass is 35.5. The van der Waals surface area contributed by atoms with E-state index in [4.69, 9.17) is 11.6 Å². The minimum Gasteiger partial charge on any atom is -0.0843 e. The highest BCUT2D eigenvalue weighted by Crippen LogP contribution is 2.63. The Kier molecular flexibility index (Phi) is 4.50. The number of hydrogen-bond donors (Lipinski definition) is 0. The Labute approximate surface area is 200 Å². The SMILES string of the molecule is CC1(C)C2=CC(c3ccccc3)(c3ccccc3)C(c3ccc(Cl)cc3)=C2c2ccccc21. The third kappa shape index (κ3) is 2.84. The van der Waals surface area contributed by atoms with Crippen molar-refractivity contribution in [2.75, 3.05) is 0 Å². The number of halogens is 1. The van der Waals surface area contributed by atoms with E-state index < -0.39 is 0 Å². The highest BCUT2D eigenvalue weighted by Gasteiger charge is 2.51. The summed E-state index contributed by atoms with van der Waals surface area (Å²) in [6.07, 6.45) is 2.54. The van der Waals surface area contributed by atoms with Gasteiger partial charge in [-0.1, -0.05) is 129 Å². The Morgan fingerprint density at radius 2 is 1.15 bits per heavy atom. The fourth-order valence-electron chi connectivity index (χ4n) is 5.87. The van der Waals surface area contributed by atoms with Crippen LogP contribution in [0, 0.1) is 0 Å². The monoisotopic (exact) mass is 444 g/mol. The van der Waals surface area contributed by atoms with Gasteiger partial charge in [0.15, 0.2) is 0 Å². The number of fused-ring (bicyclic) bond motifs is 3. The second-order valence-corrected chi connectivity index (χ2v) is 9.96. The van der Waals surface area contributed by atoms with Gasteiger partial charge in [0.25, 0.3) is 0 Å². The summed E-state index contributed by atoms with van der Waals surface area (Å²) in [5.74, 6) is 0. The minimum atomic E-state index is -0.383. The summed E-state index contributed by atoms with van der Waals surface area (Å²) in [6, 6.07) is 39.1. The van der Waals surface area contributed by atoms with Crippen LogP contribution < -0.4 is 0 Å². The first-order chi connectivity index (χ1) is 16.0. The summed E-state index contributed by atoms with van der Waals surface area (Å²) in [5.41, 5.74) is 10.2. The van der Waals surface area contributed by atoms with Gasteiger partial charge in [0.2, 0.25) is 0 Å². The number of hydrogen-bond acceptors (Lipinski definition) is 0. The molecule has 0 heterocycles. The summed E-state index contributed by atoms with van der Waals surface area (Å²) in [7, 11) is 0. The molecule has 4 aromatic carbocycles. The zero-order valence-electron chi connectivity index (χ0n) is 18.8. The molecule has 0 spiro atoms. The van der Waals surface area contributed by atoms with Gasteiger partial charge in [-0.05, 0) is 56.7 Å². The second kappa shape index (κ2) is 7.33. The van der Waals surface area contributed by atoms with Gasteiger partial charge in [0.05, 0.1) is 5.41 Å². The van der Waals surface area contributed by atoms with Crippen LogP contribution in [0.5, 0.6) is 0 Å². The Morgan fingerprint density at radius 3 is 1.76 bits per heavy atom. The number of benzene rings is 4. The lowest BCUT2D eigenvalue weighted by molar-refractivity contribution is 0.654. The molecule has 2 aliphatic carbocycles. The molecule has 0 bridgehead atoms. The maximum absolute atomic E-state index is 6.33. The van der Waals surface area contributed by atoms with Crippen LogP contribution in [-0.2, 0) is 10.8 Å². The maximum atomic E-state index is 6.33. The maximum Gasteiger partial charge on any atom is 0.0650 e. The van der Waals surface area contributed by atoms with Crippen molar-refractivity contribution < 1.29 is 0 Å². The predicted molar refractivity (Wildman–Crippen MR) is 139 cm³/mol. The fourth-order valence-corrected chi connectivity index (χ4v) is 6.00. The van der Waals surface area contributed by atoms with E-state index in [0.29, 0.717) is 0 Å². The summed E-state index contributed by atoms with van der Waals surface area (Å²) >= 11 is 6.33. The van der Waals surface area contributed by atoms with Crippen LogP contribution in [0.25, 0.3) is 11.1 Å². The molecule has 4 aromatic rings. The predicted octanol–water partition coefficient (Wildman–Crippen LogP) is 8.47. The van der Waals surface area contributed by atoms with Crippen LogP contribution in [-0.4, -0.2) is 0 Å². The van der Waals surface area contributed by atoms with Crippen molar-refractivity contribution in [2.24, 2.45) is 0 Å². The van der Waals surface area contributed by atoms with Gasteiger partial charge in [-0.25, -0.2) is 0 Å². The molecule has 0 saturated carbocycles. The molecular formula is C32H25Cl. The van der Waals surface area contributed by atoms with Gasteiger partial charge in [-0.3, -0.25) is 0 Å². The van der Waals surface area contributed by atoms with Gasteiger partial charge in [0.1, 0.15) is 0 Å². The molecule has 0 aromatic heterocycles. The molecular weight excluding hydrogens is 420 g/mol. The van der Waals surface area contributed by atoms with Crippen LogP contribution in [0.15, 0.2) is 121 Å². The lowest BCUT2D eigenvalue weighted by Crippen LogP contribution is -2.27. The quantitative estimate of drug-likeness (QED) is 0.297. The normalized spacial score (nSPS) is 17.5. The van der Waals surface area contributed by atoms with E-state index in [-0.39, 0.29) is 10.8 Å². The van der Waals surface area contributed by atoms with Crippen molar-refractivity contribution in [3.63, 3.8) is 0 Å². The van der Waals surface area contributed by atoms with E-state index >= 15 is 0 Å². The number of allylic oxidation sites excluding steroid dienone is 4. The van der Waals surface area contributed by atoms with E-state index in [2.05, 4.69) is 117 Å². The zero-order valence-corrected chi connectivity index (χ0v) is 19.6. The van der Waals surface area contributed by atoms with E-state index in [9.17, 15) is 0 Å². The van der Waals surface area contributed by atoms with Crippen LogP contribution in [0.1, 0.15) is 41.7 Å². The lowest BCUT2D eigenvalue weighted by Gasteiger charge is -2.34. The second-order valence-electron chi connectivity index (χ2n) is 9.53. The molecule has 0 unspecified atom stereocenters. The highest BCUT2D eigenvalue weighted by molar-refractivity contribution is 6.30. The third-order valence-electron chi connectivity index (χ3n) is 7.41. The molecule has 0 radical (unpaired) electrons. The molecule has 0 N–H and O–H groups in total. The Hall–Kier alpha value is -3.35. The van der Waals surface area contributed by atoms with Crippen molar-refractivity contribution in [1.82, 2.24) is 0 Å². The molecule has 160 valence electrons. The zero-order chi connectivity index (χ0) is 22.6. The largest absolute Gasteiger partial charge is 0.0843 e. The molecule has 1 heteroatoms. The van der Waals surface area contributed by atoms with Crippen molar-refractivity contribution >= 4 is 22.7 Å². The first-order valence-electron chi connectivity index (χ1n) is 11.5. The van der Waals surface area contributed by atoms with Crippen LogP contribution in [0.4, 0.5) is 0 Å². The first kappa shape index (κ1) is 20.3. The molecule has 0 aliphatic heterocycles. The van der Waals surface area contributed by atoms with E-state index in [1.165, 1.54) is 44.5 Å². The van der Waals surface area contributed by atoms with E-state index in [1.54, 1.807) is 0 Å². The van der Waals surface area contributed by atoms with Crippen molar-refractivity contribution in [1.29, 1.82) is 0 Å². The molecule has 0 saturated heterocycles. The number of rotatable bonds is 3. The summed E-state index contributed by atoms with van der Waals surface area (Å²) < 4.78 is 0. The first-order valence-corrected chi connectivity index (χ1v) is 11.9. The summed E-state index contributed by atoms with van der Waals surface area (Å²) in [5, 5.41) is 0.757. The topological polar surface area (TPSA) is 0 Å². The van der Waals surface area contributed by atoms with Crippen molar-refractivity contribution in [3.8, 4) is 0 Å². The Morgan fingerprint density at radius 1 is 0.606 bits per heavy atom. The minimum absolute atomic E-state index is 0.0745. The lowest BCUT2D eigenvalue weighted by atomic mass is 9.67. The van der Waals surface area contributed by atoms with Gasteiger partial charge < -0.3 is 0 Å². The molecule has 0 nitrogen and oxygen atoms in total. The molecule has 0 amide bonds. The van der Waals surface area contributed by atoms with Crippen molar-refractivity contribution in [2.45, 2.75) is 24.7 Å². The van der Waals surface area contributed by atoms with Gasteiger partial charge in [-0.2, -0.15) is 0 Å². The van der Waals surface area contributed by atoms with Gasteiger partial charge in [0, 0.05) is 10.4 Å². The third-order valence-corrected chi connectivity index (χ3v) is 7.66. The molecule has 6 rings (SSSR count). The van der Waals surface area contributed by atoms with Gasteiger partial charge in [-0.15, -0.1) is 0 Å². The molecule has 33 heavy (non-hydrogen) atoms. The molecule has 0 atom stereocenters. The average molecular weight is 445 g/mol. The van der Waals surface area contributed by atoms with Crippen molar-refractivity contribution in [3.05, 3.63) is 154 Å². The molecule has 0 fully saturated rings. The summed E-state index contributed by atoms with van der Waals surface area (Å²) in [6.45, 7) is 4.71. The Balaban J connectivity index is 1.79. The van der Waals surface area contributed by atoms with E-state index in [0.717, 1.165) is 5.02 Å².